The maximum absolute atomic E-state index is 11.7. The number of nitrogens with zero attached hydrogens (tertiary/aromatic N) is 1. The molecule has 2 atom stereocenters. The number of rotatable bonds is 46. The van der Waals surface area contributed by atoms with Crippen molar-refractivity contribution in [2.45, 2.75) is 245 Å². The van der Waals surface area contributed by atoms with Gasteiger partial charge in [-0.15, -0.1) is 0 Å². The molecule has 0 aromatic carbocycles. The van der Waals surface area contributed by atoms with E-state index in [4.69, 9.17) is 24.4 Å². The number of aliphatic carboxylic acids is 2. The van der Waals surface area contributed by atoms with Gasteiger partial charge in [0.15, 0.2) is 6.29 Å². The highest BCUT2D eigenvalue weighted by Gasteiger charge is 2.26. The molecule has 1 rings (SSSR count). The van der Waals surface area contributed by atoms with Crippen molar-refractivity contribution < 1.29 is 38.8 Å². The van der Waals surface area contributed by atoms with E-state index in [0.29, 0.717) is 32.4 Å². The molecule has 2 N–H and O–H groups in total. The van der Waals surface area contributed by atoms with Crippen LogP contribution >= 0.6 is 0 Å². The van der Waals surface area contributed by atoms with Gasteiger partial charge in [0.05, 0.1) is 12.5 Å². The summed E-state index contributed by atoms with van der Waals surface area (Å²) in [6.07, 6.45) is 74.2. The van der Waals surface area contributed by atoms with Crippen molar-refractivity contribution in [3.63, 3.8) is 0 Å². The van der Waals surface area contributed by atoms with Crippen LogP contribution in [-0.2, 0) is 28.6 Å². The molecule has 1 aliphatic heterocycles. The Kier molecular flexibility index (Phi) is 58.9. The maximum atomic E-state index is 11.7. The Hall–Kier alpha value is -4.05. The first-order valence-electron chi connectivity index (χ1n) is 29.0. The van der Waals surface area contributed by atoms with Gasteiger partial charge >= 0.3 is 17.9 Å². The van der Waals surface area contributed by atoms with Crippen molar-refractivity contribution in [2.24, 2.45) is 0 Å². The molecular formula is C64H109NO8. The average molecular weight is 1020 g/mol. The first kappa shape index (κ1) is 71.0. The first-order chi connectivity index (χ1) is 35.7. The van der Waals surface area contributed by atoms with Crippen molar-refractivity contribution in [3.8, 4) is 0 Å². The Morgan fingerprint density at radius 1 is 0.452 bits per heavy atom. The Morgan fingerprint density at radius 3 is 1.16 bits per heavy atom. The normalized spacial score (nSPS) is 15.2. The predicted molar refractivity (Wildman–Crippen MR) is 311 cm³/mol. The van der Waals surface area contributed by atoms with E-state index in [2.05, 4.69) is 130 Å². The van der Waals surface area contributed by atoms with Crippen molar-refractivity contribution in [3.05, 3.63) is 109 Å². The summed E-state index contributed by atoms with van der Waals surface area (Å²) in [5.74, 6) is -1.51. The summed E-state index contributed by atoms with van der Waals surface area (Å²) in [6, 6.07) is 0. The van der Waals surface area contributed by atoms with Gasteiger partial charge in [-0.05, 0) is 136 Å². The number of unbranched alkanes of at least 4 members (excludes halogenated alkanes) is 16. The van der Waals surface area contributed by atoms with Gasteiger partial charge in [0, 0.05) is 32.4 Å². The molecule has 0 spiro atoms. The molecule has 1 aliphatic rings. The van der Waals surface area contributed by atoms with E-state index < -0.39 is 11.9 Å². The third-order valence-corrected chi connectivity index (χ3v) is 11.7. The van der Waals surface area contributed by atoms with Gasteiger partial charge in [-0.25, -0.2) is 0 Å². The molecule has 0 unspecified atom stereocenters. The second kappa shape index (κ2) is 60.5. The molecule has 73 heavy (non-hydrogen) atoms. The van der Waals surface area contributed by atoms with Crippen molar-refractivity contribution >= 4 is 17.9 Å². The van der Waals surface area contributed by atoms with Crippen molar-refractivity contribution in [1.82, 2.24) is 4.90 Å². The SMILES string of the molecule is CC/C=C\C/C=C\C/C=C\CCCCCCCC(=O)O.CC/C=C\C/C=C\C/C=C\CCCCCCCC(=O)O.CC/C=C\C/C=C\C/C=C\CCCCCCCCO[C@H]1CC[C@@H](COC(=O)CCN(C)C)O1. The molecule has 1 fully saturated rings. The van der Waals surface area contributed by atoms with Crippen LogP contribution in [0.15, 0.2) is 109 Å². The summed E-state index contributed by atoms with van der Waals surface area (Å²) < 4.78 is 17.0. The zero-order chi connectivity index (χ0) is 53.8. The average Bonchev–Trinajstić information content (AvgIpc) is 3.83. The zero-order valence-electron chi connectivity index (χ0n) is 47.3. The zero-order valence-corrected chi connectivity index (χ0v) is 47.3. The molecule has 1 saturated heterocycles. The van der Waals surface area contributed by atoms with E-state index in [-0.39, 0.29) is 18.4 Å². The third-order valence-electron chi connectivity index (χ3n) is 11.7. The first-order valence-corrected chi connectivity index (χ1v) is 29.0. The standard InChI is InChI=1S/C28H49NO4.2C18H30O2/c1-4-5-6-7-8-9-10-11-12-13-14-15-16-17-18-19-24-31-28-21-20-26(33-28)25-32-27(30)22-23-29(2)3;2*1-2-3-4-5-6-7-8-9-10-11-12-13-14-15-16-17-18(19)20/h5-6,8-9,11-12,26,28H,4,7,10,13-25H2,1-3H3;2*3-4,6-7,9-10H,2,5,8,11-17H2,1H3,(H,19,20)/b6-5-,9-8-,12-11-;2*4-3-,7-6-,10-9-/t26-,28+;;/m0../s1. The summed E-state index contributed by atoms with van der Waals surface area (Å²) in [6.45, 7) is 8.27. The molecule has 0 saturated carbocycles. The minimum Gasteiger partial charge on any atom is -0.481 e. The number of carboxylic acids is 2. The van der Waals surface area contributed by atoms with Gasteiger partial charge in [-0.3, -0.25) is 14.4 Å². The van der Waals surface area contributed by atoms with E-state index in [0.717, 1.165) is 135 Å². The van der Waals surface area contributed by atoms with Crippen molar-refractivity contribution in [1.29, 1.82) is 0 Å². The van der Waals surface area contributed by atoms with E-state index in [9.17, 15) is 14.4 Å². The fourth-order valence-corrected chi connectivity index (χ4v) is 7.39. The number of carboxylic acid groups (broad SMARTS) is 2. The van der Waals surface area contributed by atoms with Gasteiger partial charge < -0.3 is 29.3 Å². The molecule has 9 nitrogen and oxygen atoms in total. The molecule has 0 aromatic heterocycles. The van der Waals surface area contributed by atoms with E-state index >= 15 is 0 Å². The molecule has 0 bridgehead atoms. The second-order valence-corrected chi connectivity index (χ2v) is 19.1. The summed E-state index contributed by atoms with van der Waals surface area (Å²) in [5, 5.41) is 17.0. The highest BCUT2D eigenvalue weighted by Crippen LogP contribution is 2.22. The third kappa shape index (κ3) is 64.0. The number of ether oxygens (including phenoxy) is 3. The number of allylic oxidation sites excluding steroid dienone is 18. The monoisotopic (exact) mass is 1020 g/mol. The lowest BCUT2D eigenvalue weighted by molar-refractivity contribution is -0.160. The molecule has 0 aliphatic carbocycles. The Bertz CT molecular complexity index is 1440. The molecule has 418 valence electrons. The van der Waals surface area contributed by atoms with Crippen molar-refractivity contribution in [2.75, 3.05) is 33.9 Å². The minimum absolute atomic E-state index is 0.0219. The number of hydrogen-bond acceptors (Lipinski definition) is 7. The smallest absolute Gasteiger partial charge is 0.307 e. The minimum atomic E-state index is -0.675. The number of carbonyl (C=O) groups is 3. The number of esters is 1. The van der Waals surface area contributed by atoms with Gasteiger partial charge in [0.1, 0.15) is 6.61 Å². The number of carbonyl (C=O) groups excluding carboxylic acids is 1. The molecule has 9 heteroatoms. The Labute approximate surface area is 448 Å². The molecule has 1 heterocycles. The van der Waals surface area contributed by atoms with Gasteiger partial charge in [-0.2, -0.15) is 0 Å². The van der Waals surface area contributed by atoms with E-state index in [1.165, 1.54) is 64.2 Å². The van der Waals surface area contributed by atoms with Crippen LogP contribution in [0.4, 0.5) is 0 Å². The highest BCUT2D eigenvalue weighted by atomic mass is 16.7. The fourth-order valence-electron chi connectivity index (χ4n) is 7.39. The largest absolute Gasteiger partial charge is 0.481 e. The molecule has 0 aromatic rings. The highest BCUT2D eigenvalue weighted by molar-refractivity contribution is 5.69. The molecule has 0 radical (unpaired) electrons. The summed E-state index contributed by atoms with van der Waals surface area (Å²) in [5.41, 5.74) is 0. The summed E-state index contributed by atoms with van der Waals surface area (Å²) >= 11 is 0. The summed E-state index contributed by atoms with van der Waals surface area (Å²) in [7, 11) is 3.89. The second-order valence-electron chi connectivity index (χ2n) is 19.1. The van der Waals surface area contributed by atoms with Crippen LogP contribution in [-0.4, -0.2) is 79.3 Å². The molecular weight excluding hydrogens is 911 g/mol. The fraction of sp³-hybridized carbons (Fsp3) is 0.672. The van der Waals surface area contributed by atoms with E-state index in [1.807, 2.05) is 19.0 Å². The predicted octanol–water partition coefficient (Wildman–Crippen LogP) is 17.9. The lowest BCUT2D eigenvalue weighted by Gasteiger charge is -2.15. The van der Waals surface area contributed by atoms with Crippen LogP contribution in [0.2, 0.25) is 0 Å². The van der Waals surface area contributed by atoms with Gasteiger partial charge in [0.25, 0.3) is 0 Å². The maximum Gasteiger partial charge on any atom is 0.307 e. The van der Waals surface area contributed by atoms with Gasteiger partial charge in [-0.1, -0.05) is 194 Å². The van der Waals surface area contributed by atoms with Crippen LogP contribution in [0.3, 0.4) is 0 Å². The van der Waals surface area contributed by atoms with Crippen LogP contribution in [0, 0.1) is 0 Å². The quantitative estimate of drug-likeness (QED) is 0.0349. The van der Waals surface area contributed by atoms with Crippen LogP contribution in [0.25, 0.3) is 0 Å². The topological polar surface area (TPSA) is 123 Å². The Balaban J connectivity index is 0. The van der Waals surface area contributed by atoms with Crippen LogP contribution in [0.1, 0.15) is 233 Å². The lowest BCUT2D eigenvalue weighted by atomic mass is 10.1. The Morgan fingerprint density at radius 2 is 0.795 bits per heavy atom. The molecule has 0 amide bonds. The van der Waals surface area contributed by atoms with E-state index in [1.54, 1.807) is 0 Å². The van der Waals surface area contributed by atoms with Gasteiger partial charge in [0.2, 0.25) is 0 Å². The lowest BCUT2D eigenvalue weighted by Crippen LogP contribution is -2.23. The van der Waals surface area contributed by atoms with Crippen LogP contribution in [0.5, 0.6) is 0 Å². The van der Waals surface area contributed by atoms with Crippen LogP contribution < -0.4 is 0 Å². The number of hydrogen-bond donors (Lipinski definition) is 2. The summed E-state index contributed by atoms with van der Waals surface area (Å²) in [4.78, 5) is 34.3.